The van der Waals surface area contributed by atoms with Crippen LogP contribution >= 0.6 is 0 Å². The molecule has 1 aliphatic rings. The molecule has 118 valence electrons. The Morgan fingerprint density at radius 2 is 2.29 bits per heavy atom. The molecule has 0 aromatic heterocycles. The number of hydrogen-bond acceptors (Lipinski definition) is 5. The van der Waals surface area contributed by atoms with E-state index in [1.165, 1.54) is 11.4 Å². The lowest BCUT2D eigenvalue weighted by molar-refractivity contribution is -0.00303. The summed E-state index contributed by atoms with van der Waals surface area (Å²) in [6.07, 6.45) is -0.712. The van der Waals surface area contributed by atoms with Crippen molar-refractivity contribution in [1.82, 2.24) is 4.31 Å². The quantitative estimate of drug-likeness (QED) is 0.881. The maximum absolute atomic E-state index is 12.3. The second kappa shape index (κ2) is 6.74. The standard InChI is InChI=1S/C14H21NO5S/c1-11(19-2)10-21(17,18)15-6-7-20-14(9-15)12-4-3-5-13(16)8-12/h3-5,8,11,14,16H,6-7,9-10H2,1-2H3. The van der Waals surface area contributed by atoms with E-state index in [0.717, 1.165) is 5.56 Å². The molecule has 0 aliphatic carbocycles. The molecule has 2 unspecified atom stereocenters. The Morgan fingerprint density at radius 1 is 1.52 bits per heavy atom. The van der Waals surface area contributed by atoms with Gasteiger partial charge in [-0.05, 0) is 24.6 Å². The molecule has 2 atom stereocenters. The highest BCUT2D eigenvalue weighted by Crippen LogP contribution is 2.26. The van der Waals surface area contributed by atoms with Gasteiger partial charge >= 0.3 is 0 Å². The fourth-order valence-corrected chi connectivity index (χ4v) is 3.93. The maximum atomic E-state index is 12.3. The number of aromatic hydroxyl groups is 1. The first kappa shape index (κ1) is 16.2. The highest BCUT2D eigenvalue weighted by atomic mass is 32.2. The second-order valence-electron chi connectivity index (χ2n) is 5.14. The van der Waals surface area contributed by atoms with E-state index >= 15 is 0 Å². The van der Waals surface area contributed by atoms with Crippen molar-refractivity contribution in [1.29, 1.82) is 0 Å². The lowest BCUT2D eigenvalue weighted by Crippen LogP contribution is -2.44. The predicted molar refractivity (Wildman–Crippen MR) is 78.6 cm³/mol. The number of rotatable bonds is 5. The van der Waals surface area contributed by atoms with Gasteiger partial charge in [0.15, 0.2) is 0 Å². The predicted octanol–water partition coefficient (Wildman–Crippen LogP) is 1.13. The van der Waals surface area contributed by atoms with E-state index in [1.807, 2.05) is 6.07 Å². The van der Waals surface area contributed by atoms with E-state index in [2.05, 4.69) is 0 Å². The van der Waals surface area contributed by atoms with Crippen LogP contribution in [0.1, 0.15) is 18.6 Å². The number of ether oxygens (including phenoxy) is 2. The zero-order chi connectivity index (χ0) is 15.5. The third-order valence-electron chi connectivity index (χ3n) is 3.51. The smallest absolute Gasteiger partial charge is 0.216 e. The molecule has 1 aliphatic heterocycles. The van der Waals surface area contributed by atoms with Gasteiger partial charge in [0.2, 0.25) is 10.0 Å². The minimum atomic E-state index is -3.38. The minimum absolute atomic E-state index is 0.0454. The van der Waals surface area contributed by atoms with Crippen LogP contribution in [0.25, 0.3) is 0 Å². The molecule has 7 heteroatoms. The highest BCUT2D eigenvalue weighted by Gasteiger charge is 2.31. The Balaban J connectivity index is 2.10. The summed E-state index contributed by atoms with van der Waals surface area (Å²) in [4.78, 5) is 0. The minimum Gasteiger partial charge on any atom is -0.508 e. The Bertz CT molecular complexity index is 574. The summed E-state index contributed by atoms with van der Waals surface area (Å²) in [6.45, 7) is 2.65. The molecule has 0 radical (unpaired) electrons. The SMILES string of the molecule is COC(C)CS(=O)(=O)N1CCOC(c2cccc(O)c2)C1. The van der Waals surface area contributed by atoms with Crippen molar-refractivity contribution < 1.29 is 23.0 Å². The van der Waals surface area contributed by atoms with E-state index in [-0.39, 0.29) is 30.3 Å². The summed E-state index contributed by atoms with van der Waals surface area (Å²) in [5, 5.41) is 9.52. The largest absolute Gasteiger partial charge is 0.508 e. The first-order chi connectivity index (χ1) is 9.92. The Labute approximate surface area is 125 Å². The average molecular weight is 315 g/mol. The van der Waals surface area contributed by atoms with E-state index in [1.54, 1.807) is 25.1 Å². The summed E-state index contributed by atoms with van der Waals surface area (Å²) in [5.41, 5.74) is 0.773. The van der Waals surface area contributed by atoms with Gasteiger partial charge in [-0.1, -0.05) is 12.1 Å². The molecule has 0 spiro atoms. The van der Waals surface area contributed by atoms with Gasteiger partial charge in [-0.3, -0.25) is 0 Å². The summed E-state index contributed by atoms with van der Waals surface area (Å²) < 4.78 is 36.8. The Morgan fingerprint density at radius 3 is 2.95 bits per heavy atom. The van der Waals surface area contributed by atoms with Gasteiger partial charge in [-0.2, -0.15) is 4.31 Å². The van der Waals surface area contributed by atoms with Crippen LogP contribution in [0.2, 0.25) is 0 Å². The first-order valence-corrected chi connectivity index (χ1v) is 8.44. The number of phenols is 1. The van der Waals surface area contributed by atoms with Crippen molar-refractivity contribution in [2.24, 2.45) is 0 Å². The molecule has 2 rings (SSSR count). The fraction of sp³-hybridized carbons (Fsp3) is 0.571. The number of sulfonamides is 1. The third-order valence-corrected chi connectivity index (χ3v) is 5.52. The van der Waals surface area contributed by atoms with Gasteiger partial charge in [-0.25, -0.2) is 8.42 Å². The summed E-state index contributed by atoms with van der Waals surface area (Å²) >= 11 is 0. The van der Waals surface area contributed by atoms with E-state index < -0.39 is 10.0 Å². The van der Waals surface area contributed by atoms with Gasteiger partial charge < -0.3 is 14.6 Å². The van der Waals surface area contributed by atoms with Gasteiger partial charge in [0.05, 0.1) is 24.6 Å². The molecule has 1 aromatic carbocycles. The monoisotopic (exact) mass is 315 g/mol. The zero-order valence-electron chi connectivity index (χ0n) is 12.2. The van der Waals surface area contributed by atoms with Crippen LogP contribution in [-0.2, 0) is 19.5 Å². The van der Waals surface area contributed by atoms with Crippen molar-refractivity contribution in [2.75, 3.05) is 32.6 Å². The highest BCUT2D eigenvalue weighted by molar-refractivity contribution is 7.89. The molecule has 6 nitrogen and oxygen atoms in total. The van der Waals surface area contributed by atoms with Crippen LogP contribution in [0.5, 0.6) is 5.75 Å². The molecule has 21 heavy (non-hydrogen) atoms. The van der Waals surface area contributed by atoms with Crippen molar-refractivity contribution in [2.45, 2.75) is 19.1 Å². The van der Waals surface area contributed by atoms with Crippen LogP contribution < -0.4 is 0 Å². The van der Waals surface area contributed by atoms with Crippen LogP contribution in [-0.4, -0.2) is 56.5 Å². The Hall–Kier alpha value is -1.15. The van der Waals surface area contributed by atoms with Crippen LogP contribution in [0.15, 0.2) is 24.3 Å². The number of hydrogen-bond donors (Lipinski definition) is 1. The third kappa shape index (κ3) is 4.16. The average Bonchev–Trinajstić information content (AvgIpc) is 2.47. The lowest BCUT2D eigenvalue weighted by atomic mass is 10.1. The van der Waals surface area contributed by atoms with E-state index in [4.69, 9.17) is 9.47 Å². The zero-order valence-corrected chi connectivity index (χ0v) is 13.0. The summed E-state index contributed by atoms with van der Waals surface area (Å²) in [7, 11) is -1.88. The molecule has 0 bridgehead atoms. The number of methoxy groups -OCH3 is 1. The van der Waals surface area contributed by atoms with Crippen molar-refractivity contribution in [3.8, 4) is 5.75 Å². The number of phenolic OH excluding ortho intramolecular Hbond substituents is 1. The van der Waals surface area contributed by atoms with Crippen molar-refractivity contribution in [3.05, 3.63) is 29.8 Å². The molecule has 0 amide bonds. The molecular formula is C14H21NO5S. The van der Waals surface area contributed by atoms with Crippen LogP contribution in [0.4, 0.5) is 0 Å². The van der Waals surface area contributed by atoms with Gasteiger partial charge in [0.25, 0.3) is 0 Å². The number of morpholine rings is 1. The Kier molecular flexibility index (Phi) is 5.21. The van der Waals surface area contributed by atoms with Gasteiger partial charge in [0, 0.05) is 20.2 Å². The number of benzene rings is 1. The molecule has 0 saturated carbocycles. The van der Waals surface area contributed by atoms with Crippen molar-refractivity contribution >= 4 is 10.0 Å². The van der Waals surface area contributed by atoms with Crippen LogP contribution in [0.3, 0.4) is 0 Å². The summed E-state index contributed by atoms with van der Waals surface area (Å²) in [5.74, 6) is 0.0973. The second-order valence-corrected chi connectivity index (χ2v) is 7.15. The van der Waals surface area contributed by atoms with Crippen molar-refractivity contribution in [3.63, 3.8) is 0 Å². The van der Waals surface area contributed by atoms with E-state index in [9.17, 15) is 13.5 Å². The molecule has 1 fully saturated rings. The summed E-state index contributed by atoms with van der Waals surface area (Å²) in [6, 6.07) is 6.70. The maximum Gasteiger partial charge on any atom is 0.216 e. The van der Waals surface area contributed by atoms with Gasteiger partial charge in [0.1, 0.15) is 5.75 Å². The van der Waals surface area contributed by atoms with Crippen LogP contribution in [0, 0.1) is 0 Å². The molecule has 1 heterocycles. The molecular weight excluding hydrogens is 294 g/mol. The molecule has 1 N–H and O–H groups in total. The molecule has 1 aromatic rings. The fourth-order valence-electron chi connectivity index (χ4n) is 2.28. The lowest BCUT2D eigenvalue weighted by Gasteiger charge is -2.33. The van der Waals surface area contributed by atoms with Gasteiger partial charge in [-0.15, -0.1) is 0 Å². The normalized spacial score (nSPS) is 22.1. The first-order valence-electron chi connectivity index (χ1n) is 6.83. The molecule has 1 saturated heterocycles. The number of nitrogens with zero attached hydrogens (tertiary/aromatic N) is 1. The van der Waals surface area contributed by atoms with E-state index in [0.29, 0.717) is 13.2 Å². The topological polar surface area (TPSA) is 76.1 Å².